The summed E-state index contributed by atoms with van der Waals surface area (Å²) >= 11 is 5.68. The monoisotopic (exact) mass is 375 g/mol. The zero-order valence-electron chi connectivity index (χ0n) is 14.0. The van der Waals surface area contributed by atoms with E-state index >= 15 is 0 Å². The average molecular weight is 376 g/mol. The molecule has 2 aromatic rings. The van der Waals surface area contributed by atoms with Gasteiger partial charge in [0.05, 0.1) is 19.2 Å². The van der Waals surface area contributed by atoms with Crippen molar-refractivity contribution in [2.75, 3.05) is 24.9 Å². The second-order valence-corrected chi connectivity index (χ2v) is 5.37. The Morgan fingerprint density at radius 2 is 1.85 bits per heavy atom. The first-order valence-electron chi connectivity index (χ1n) is 7.33. The maximum atomic E-state index is 13.1. The van der Waals surface area contributed by atoms with Crippen LogP contribution in [0.1, 0.15) is 0 Å². The summed E-state index contributed by atoms with van der Waals surface area (Å²) in [6.07, 6.45) is 1.21. The van der Waals surface area contributed by atoms with E-state index in [1.807, 2.05) is 0 Å². The molecule has 0 atom stereocenters. The molecule has 8 heteroatoms. The van der Waals surface area contributed by atoms with Gasteiger partial charge in [-0.1, -0.05) is 11.6 Å². The highest BCUT2D eigenvalue weighted by Gasteiger charge is 2.12. The van der Waals surface area contributed by atoms with Crippen LogP contribution in [0.5, 0.6) is 11.5 Å². The fraction of sp³-hybridized carbons (Fsp3) is 0.111. The molecule has 0 saturated heterocycles. The van der Waals surface area contributed by atoms with Crippen molar-refractivity contribution in [1.82, 2.24) is 0 Å². The molecule has 0 heterocycles. The molecule has 2 rings (SSSR count). The molecular formula is C18H15ClFN3O3. The maximum absolute atomic E-state index is 13.1. The van der Waals surface area contributed by atoms with Gasteiger partial charge in [0.25, 0.3) is 5.91 Å². The van der Waals surface area contributed by atoms with E-state index in [1.54, 1.807) is 24.3 Å². The Balaban J connectivity index is 2.13. The average Bonchev–Trinajstić information content (AvgIpc) is 2.64. The molecule has 1 amide bonds. The number of nitrogens with one attached hydrogen (secondary N) is 2. The van der Waals surface area contributed by atoms with Crippen LogP contribution in [-0.4, -0.2) is 20.1 Å². The van der Waals surface area contributed by atoms with Crippen LogP contribution in [0.2, 0.25) is 5.02 Å². The van der Waals surface area contributed by atoms with E-state index in [0.717, 1.165) is 0 Å². The number of amides is 1. The first-order valence-corrected chi connectivity index (χ1v) is 7.71. The van der Waals surface area contributed by atoms with Crippen molar-refractivity contribution in [3.8, 4) is 17.6 Å². The number of halogens is 2. The lowest BCUT2D eigenvalue weighted by Crippen LogP contribution is -2.14. The zero-order chi connectivity index (χ0) is 19.1. The standard InChI is InChI=1S/C18H15ClFN3O3/c1-25-16-6-4-13(8-17(16)26-2)23-18(24)11(9-21)10-22-12-3-5-15(20)14(19)7-12/h3-8,10,22H,1-2H3,(H,23,24)/b11-10-. The van der Waals surface area contributed by atoms with E-state index in [4.69, 9.17) is 21.1 Å². The summed E-state index contributed by atoms with van der Waals surface area (Å²) in [6, 6.07) is 10.5. The van der Waals surface area contributed by atoms with Crippen LogP contribution in [0, 0.1) is 17.1 Å². The number of nitrogens with zero attached hydrogens (tertiary/aromatic N) is 1. The smallest absolute Gasteiger partial charge is 0.267 e. The second kappa shape index (κ2) is 8.74. The molecule has 0 aliphatic carbocycles. The lowest BCUT2D eigenvalue weighted by molar-refractivity contribution is -0.112. The van der Waals surface area contributed by atoms with Gasteiger partial charge < -0.3 is 20.1 Å². The minimum Gasteiger partial charge on any atom is -0.493 e. The molecule has 0 fully saturated rings. The number of anilines is 2. The molecule has 0 aromatic heterocycles. The highest BCUT2D eigenvalue weighted by atomic mass is 35.5. The van der Waals surface area contributed by atoms with Gasteiger partial charge in [0.1, 0.15) is 17.5 Å². The predicted molar refractivity (Wildman–Crippen MR) is 96.9 cm³/mol. The van der Waals surface area contributed by atoms with Crippen molar-refractivity contribution < 1.29 is 18.7 Å². The van der Waals surface area contributed by atoms with Crippen molar-refractivity contribution in [2.45, 2.75) is 0 Å². The molecule has 26 heavy (non-hydrogen) atoms. The number of hydrogen-bond acceptors (Lipinski definition) is 5. The normalized spacial score (nSPS) is 10.7. The van der Waals surface area contributed by atoms with Crippen molar-refractivity contribution in [2.24, 2.45) is 0 Å². The van der Waals surface area contributed by atoms with Crippen LogP contribution in [0.15, 0.2) is 48.2 Å². The number of rotatable bonds is 6. The maximum Gasteiger partial charge on any atom is 0.267 e. The van der Waals surface area contributed by atoms with Gasteiger partial charge in [0.2, 0.25) is 0 Å². The Morgan fingerprint density at radius 1 is 1.15 bits per heavy atom. The molecule has 0 radical (unpaired) electrons. The summed E-state index contributed by atoms with van der Waals surface area (Å²) < 4.78 is 23.4. The van der Waals surface area contributed by atoms with E-state index in [1.165, 1.54) is 38.6 Å². The summed E-state index contributed by atoms with van der Waals surface area (Å²) in [6.45, 7) is 0. The Kier molecular flexibility index (Phi) is 6.42. The molecule has 0 saturated carbocycles. The number of ether oxygens (including phenoxy) is 2. The van der Waals surface area contributed by atoms with Crippen LogP contribution in [-0.2, 0) is 4.79 Å². The van der Waals surface area contributed by atoms with Gasteiger partial charge in [-0.05, 0) is 30.3 Å². The number of benzene rings is 2. The molecular weight excluding hydrogens is 361 g/mol. The summed E-state index contributed by atoms with van der Waals surface area (Å²) in [5.41, 5.74) is 0.682. The summed E-state index contributed by atoms with van der Waals surface area (Å²) in [7, 11) is 2.97. The number of hydrogen-bond donors (Lipinski definition) is 2. The molecule has 0 aliphatic heterocycles. The second-order valence-electron chi connectivity index (χ2n) is 4.97. The SMILES string of the molecule is COc1ccc(NC(=O)/C(C#N)=C\Nc2ccc(F)c(Cl)c2)cc1OC. The van der Waals surface area contributed by atoms with E-state index in [-0.39, 0.29) is 10.6 Å². The van der Waals surface area contributed by atoms with Gasteiger partial charge in [0.15, 0.2) is 11.5 Å². The number of nitriles is 1. The van der Waals surface area contributed by atoms with Crippen LogP contribution in [0.4, 0.5) is 15.8 Å². The minimum atomic E-state index is -0.625. The largest absolute Gasteiger partial charge is 0.493 e. The van der Waals surface area contributed by atoms with Gasteiger partial charge in [-0.2, -0.15) is 5.26 Å². The molecule has 0 unspecified atom stereocenters. The van der Waals surface area contributed by atoms with Gasteiger partial charge in [-0.15, -0.1) is 0 Å². The third-order valence-corrected chi connectivity index (χ3v) is 3.60. The van der Waals surface area contributed by atoms with Crippen LogP contribution >= 0.6 is 11.6 Å². The predicted octanol–water partition coefficient (Wildman–Crippen LogP) is 3.95. The van der Waals surface area contributed by atoms with Crippen LogP contribution in [0.3, 0.4) is 0 Å². The van der Waals surface area contributed by atoms with Crippen molar-refractivity contribution in [3.63, 3.8) is 0 Å². The highest BCUT2D eigenvalue weighted by Crippen LogP contribution is 2.29. The summed E-state index contributed by atoms with van der Waals surface area (Å²) in [5.74, 6) is -0.239. The van der Waals surface area contributed by atoms with E-state index < -0.39 is 11.7 Å². The zero-order valence-corrected chi connectivity index (χ0v) is 14.7. The molecule has 134 valence electrons. The summed E-state index contributed by atoms with van der Waals surface area (Å²) in [5, 5.41) is 14.4. The van der Waals surface area contributed by atoms with Crippen molar-refractivity contribution in [3.05, 3.63) is 59.0 Å². The third-order valence-electron chi connectivity index (χ3n) is 3.31. The Morgan fingerprint density at radius 3 is 2.46 bits per heavy atom. The van der Waals surface area contributed by atoms with Gasteiger partial charge in [-0.25, -0.2) is 4.39 Å². The number of carbonyl (C=O) groups is 1. The quantitative estimate of drug-likeness (QED) is 0.590. The van der Waals surface area contributed by atoms with Crippen LogP contribution in [0.25, 0.3) is 0 Å². The number of carbonyl (C=O) groups excluding carboxylic acids is 1. The third kappa shape index (κ3) is 4.65. The summed E-state index contributed by atoms with van der Waals surface area (Å²) in [4.78, 5) is 12.2. The Labute approximate surface area is 154 Å². The van der Waals surface area contributed by atoms with Gasteiger partial charge >= 0.3 is 0 Å². The van der Waals surface area contributed by atoms with Gasteiger partial charge in [0, 0.05) is 23.6 Å². The Bertz CT molecular complexity index is 894. The first kappa shape index (κ1) is 19.1. The van der Waals surface area contributed by atoms with E-state index in [2.05, 4.69) is 10.6 Å². The Hall–Kier alpha value is -3.24. The molecule has 6 nitrogen and oxygen atoms in total. The van der Waals surface area contributed by atoms with E-state index in [0.29, 0.717) is 22.9 Å². The lowest BCUT2D eigenvalue weighted by atomic mass is 10.2. The van der Waals surface area contributed by atoms with Crippen LogP contribution < -0.4 is 20.1 Å². The fourth-order valence-electron chi connectivity index (χ4n) is 2.00. The highest BCUT2D eigenvalue weighted by molar-refractivity contribution is 6.31. The lowest BCUT2D eigenvalue weighted by Gasteiger charge is -2.10. The van der Waals surface area contributed by atoms with Gasteiger partial charge in [-0.3, -0.25) is 4.79 Å². The molecule has 0 bridgehead atoms. The van der Waals surface area contributed by atoms with E-state index in [9.17, 15) is 14.4 Å². The molecule has 0 aliphatic rings. The molecule has 0 spiro atoms. The van der Waals surface area contributed by atoms with Crippen molar-refractivity contribution in [1.29, 1.82) is 5.26 Å². The molecule has 2 N–H and O–H groups in total. The topological polar surface area (TPSA) is 83.4 Å². The molecule has 2 aromatic carbocycles. The van der Waals surface area contributed by atoms with Crippen molar-refractivity contribution >= 4 is 28.9 Å². The first-order chi connectivity index (χ1) is 12.5. The minimum absolute atomic E-state index is 0.0725. The number of methoxy groups -OCH3 is 2. The fourth-order valence-corrected chi connectivity index (χ4v) is 2.18.